The molecule has 0 unspecified atom stereocenters. The molecule has 1 aromatic heterocycles. The topological polar surface area (TPSA) is 120 Å². The Bertz CT molecular complexity index is 1430. The van der Waals surface area contributed by atoms with Gasteiger partial charge in [0.25, 0.3) is 10.0 Å². The van der Waals surface area contributed by atoms with Crippen molar-refractivity contribution < 1.29 is 17.9 Å². The highest BCUT2D eigenvalue weighted by atomic mass is 32.2. The summed E-state index contributed by atoms with van der Waals surface area (Å²) in [6.07, 6.45) is 2.05. The van der Waals surface area contributed by atoms with E-state index in [0.717, 1.165) is 49.5 Å². The summed E-state index contributed by atoms with van der Waals surface area (Å²) in [5, 5.41) is 2.80. The Balaban J connectivity index is 1.61. The molecule has 4 rings (SSSR count). The van der Waals surface area contributed by atoms with Crippen LogP contribution in [0.25, 0.3) is 11.0 Å². The molecule has 0 aliphatic carbocycles. The van der Waals surface area contributed by atoms with Crippen LogP contribution in [0.4, 0.5) is 11.4 Å². The van der Waals surface area contributed by atoms with Crippen LogP contribution in [0.5, 0.6) is 0 Å². The number of carbonyl (C=O) groups excluding carboxylic acids is 1. The average molecular weight is 556 g/mol. The van der Waals surface area contributed by atoms with E-state index in [1.54, 1.807) is 33.0 Å². The zero-order chi connectivity index (χ0) is 28.6. The third-order valence-electron chi connectivity index (χ3n) is 7.44. The number of ether oxygens (including phenoxy) is 1. The number of amides is 1. The predicted molar refractivity (Wildman–Crippen MR) is 155 cm³/mol. The molecule has 0 bridgehead atoms. The Morgan fingerprint density at radius 3 is 2.33 bits per heavy atom. The molecule has 3 N–H and O–H groups in total. The van der Waals surface area contributed by atoms with E-state index in [-0.39, 0.29) is 22.8 Å². The number of nitrogens with one attached hydrogen (secondary N) is 1. The van der Waals surface area contributed by atoms with Gasteiger partial charge in [-0.15, -0.1) is 0 Å². The summed E-state index contributed by atoms with van der Waals surface area (Å²) in [6.45, 7) is 12.6. The van der Waals surface area contributed by atoms with Crippen LogP contribution in [0.15, 0.2) is 47.4 Å². The fourth-order valence-corrected chi connectivity index (χ4v) is 5.85. The van der Waals surface area contributed by atoms with Crippen molar-refractivity contribution in [1.82, 2.24) is 9.55 Å². The van der Waals surface area contributed by atoms with Crippen molar-refractivity contribution in [3.8, 4) is 0 Å². The van der Waals surface area contributed by atoms with Crippen LogP contribution in [-0.4, -0.2) is 50.7 Å². The molecule has 2 heterocycles. The average Bonchev–Trinajstić information content (AvgIpc) is 3.27. The third kappa shape index (κ3) is 6.13. The van der Waals surface area contributed by atoms with Crippen LogP contribution < -0.4 is 15.4 Å². The Morgan fingerprint density at radius 2 is 1.74 bits per heavy atom. The van der Waals surface area contributed by atoms with Crippen LogP contribution in [0, 0.1) is 11.3 Å². The van der Waals surface area contributed by atoms with Gasteiger partial charge in [-0.05, 0) is 75.1 Å². The van der Waals surface area contributed by atoms with E-state index >= 15 is 0 Å². The fourth-order valence-electron chi connectivity index (χ4n) is 4.66. The summed E-state index contributed by atoms with van der Waals surface area (Å²) < 4.78 is 36.1. The summed E-state index contributed by atoms with van der Waals surface area (Å²) >= 11 is 0. The smallest absolute Gasteiger partial charge is 0.264 e. The van der Waals surface area contributed by atoms with Crippen molar-refractivity contribution >= 4 is 38.3 Å². The maximum absolute atomic E-state index is 13.5. The molecule has 1 amide bonds. The van der Waals surface area contributed by atoms with Gasteiger partial charge in [0.05, 0.1) is 27.0 Å². The normalized spacial score (nSPS) is 15.5. The maximum atomic E-state index is 13.5. The highest BCUT2D eigenvalue weighted by Crippen LogP contribution is 2.32. The molecular formula is C29H41N5O4S. The Morgan fingerprint density at radius 1 is 1.10 bits per heavy atom. The first-order valence-corrected chi connectivity index (χ1v) is 14.9. The van der Waals surface area contributed by atoms with E-state index in [9.17, 15) is 13.2 Å². The van der Waals surface area contributed by atoms with Crippen LogP contribution in [0.1, 0.15) is 53.3 Å². The van der Waals surface area contributed by atoms with Crippen LogP contribution >= 0.6 is 0 Å². The molecular weight excluding hydrogens is 514 g/mol. The fraction of sp³-hybridized carbons (Fsp3) is 0.517. The lowest BCUT2D eigenvalue weighted by Gasteiger charge is -2.26. The van der Waals surface area contributed by atoms with Gasteiger partial charge in [0.15, 0.2) is 0 Å². The standard InChI is InChI=1S/C29H41N5O4S/c1-28(2,3)26-32-24-17-22(9-12-25(24)34(26)18-20-13-15-38-16-14-20)33(6)39(36,37)23-10-7-21(8-11-23)31-27(35)29(4,5)19-30/h7-12,17,20H,13-16,18-19,30H2,1-6H3,(H,31,35). The number of fused-ring (bicyclic) bond motifs is 1. The van der Waals surface area contributed by atoms with Crippen molar-refractivity contribution in [1.29, 1.82) is 0 Å². The van der Waals surface area contributed by atoms with E-state index in [4.69, 9.17) is 15.5 Å². The second-order valence-corrected chi connectivity index (χ2v) is 14.0. The van der Waals surface area contributed by atoms with Crippen molar-refractivity contribution in [3.63, 3.8) is 0 Å². The molecule has 0 atom stereocenters. The second kappa shape index (κ2) is 10.9. The second-order valence-electron chi connectivity index (χ2n) is 12.1. The monoisotopic (exact) mass is 555 g/mol. The third-order valence-corrected chi connectivity index (χ3v) is 9.24. The van der Waals surface area contributed by atoms with Gasteiger partial charge in [-0.3, -0.25) is 9.10 Å². The van der Waals surface area contributed by atoms with Crippen molar-refractivity contribution in [2.24, 2.45) is 17.1 Å². The number of imidazole rings is 1. The van der Waals surface area contributed by atoms with Crippen molar-refractivity contribution in [2.45, 2.75) is 64.3 Å². The largest absolute Gasteiger partial charge is 0.381 e. The number of benzene rings is 2. The minimum absolute atomic E-state index is 0.126. The number of carbonyl (C=O) groups is 1. The van der Waals surface area contributed by atoms with E-state index in [1.807, 2.05) is 18.2 Å². The first-order chi connectivity index (χ1) is 18.2. The van der Waals surface area contributed by atoms with E-state index < -0.39 is 15.4 Å². The Hall–Kier alpha value is -2.95. The Labute approximate surface area is 231 Å². The van der Waals surface area contributed by atoms with Gasteiger partial charge in [0, 0.05) is 44.5 Å². The SMILES string of the molecule is CN(c1ccc2c(c1)nc(C(C)(C)C)n2CC1CCOCC1)S(=O)(=O)c1ccc(NC(=O)C(C)(C)CN)cc1. The lowest BCUT2D eigenvalue weighted by Crippen LogP contribution is -2.37. The number of nitrogens with two attached hydrogens (primary N) is 1. The first kappa shape index (κ1) is 29.0. The lowest BCUT2D eigenvalue weighted by atomic mass is 9.92. The summed E-state index contributed by atoms with van der Waals surface area (Å²) in [6, 6.07) is 11.8. The van der Waals surface area contributed by atoms with Gasteiger partial charge in [0.1, 0.15) is 5.82 Å². The van der Waals surface area contributed by atoms with Gasteiger partial charge in [0.2, 0.25) is 5.91 Å². The van der Waals surface area contributed by atoms with Crippen LogP contribution in [-0.2, 0) is 31.5 Å². The van der Waals surface area contributed by atoms with Gasteiger partial charge in [-0.1, -0.05) is 20.8 Å². The molecule has 1 aliphatic heterocycles. The quantitative estimate of drug-likeness (QED) is 0.422. The Kier molecular flexibility index (Phi) is 8.12. The molecule has 1 saturated heterocycles. The lowest BCUT2D eigenvalue weighted by molar-refractivity contribution is -0.123. The molecule has 0 saturated carbocycles. The van der Waals surface area contributed by atoms with Crippen molar-refractivity contribution in [3.05, 3.63) is 48.3 Å². The number of sulfonamides is 1. The molecule has 212 valence electrons. The summed E-state index contributed by atoms with van der Waals surface area (Å²) in [5.41, 5.74) is 7.60. The predicted octanol–water partition coefficient (Wildman–Crippen LogP) is 4.51. The van der Waals surface area contributed by atoms with E-state index in [0.29, 0.717) is 17.3 Å². The van der Waals surface area contributed by atoms with Crippen LogP contribution in [0.3, 0.4) is 0 Å². The molecule has 39 heavy (non-hydrogen) atoms. The molecule has 2 aromatic carbocycles. The van der Waals surface area contributed by atoms with E-state index in [1.165, 1.54) is 16.4 Å². The maximum Gasteiger partial charge on any atom is 0.264 e. The van der Waals surface area contributed by atoms with Crippen LogP contribution in [0.2, 0.25) is 0 Å². The highest BCUT2D eigenvalue weighted by molar-refractivity contribution is 7.92. The number of nitrogens with zero attached hydrogens (tertiary/aromatic N) is 3. The number of hydrogen-bond acceptors (Lipinski definition) is 6. The molecule has 1 fully saturated rings. The number of aromatic nitrogens is 2. The highest BCUT2D eigenvalue weighted by Gasteiger charge is 2.28. The molecule has 0 spiro atoms. The summed E-state index contributed by atoms with van der Waals surface area (Å²) in [7, 11) is -2.30. The summed E-state index contributed by atoms with van der Waals surface area (Å²) in [5.74, 6) is 1.29. The zero-order valence-electron chi connectivity index (χ0n) is 23.8. The molecule has 0 radical (unpaired) electrons. The van der Waals surface area contributed by atoms with Crippen molar-refractivity contribution in [2.75, 3.05) is 36.4 Å². The van der Waals surface area contributed by atoms with Gasteiger partial charge in [-0.2, -0.15) is 0 Å². The van der Waals surface area contributed by atoms with Gasteiger partial charge >= 0.3 is 0 Å². The molecule has 1 aliphatic rings. The number of hydrogen-bond donors (Lipinski definition) is 2. The minimum Gasteiger partial charge on any atom is -0.381 e. The van der Waals surface area contributed by atoms with Gasteiger partial charge in [-0.25, -0.2) is 13.4 Å². The molecule has 3 aromatic rings. The number of anilines is 2. The van der Waals surface area contributed by atoms with Gasteiger partial charge < -0.3 is 20.4 Å². The summed E-state index contributed by atoms with van der Waals surface area (Å²) in [4.78, 5) is 17.5. The number of rotatable bonds is 8. The minimum atomic E-state index is -3.84. The zero-order valence-corrected chi connectivity index (χ0v) is 24.6. The van der Waals surface area contributed by atoms with E-state index in [2.05, 4.69) is 30.7 Å². The molecule has 10 heteroatoms. The first-order valence-electron chi connectivity index (χ1n) is 13.4. The molecule has 9 nitrogen and oxygen atoms in total.